The van der Waals surface area contributed by atoms with Gasteiger partial charge < -0.3 is 10.4 Å². The van der Waals surface area contributed by atoms with Gasteiger partial charge in [-0.3, -0.25) is 0 Å². The van der Waals surface area contributed by atoms with Crippen LogP contribution in [0.15, 0.2) is 0 Å². The summed E-state index contributed by atoms with van der Waals surface area (Å²) in [4.78, 5) is 0. The number of aliphatic hydroxyl groups is 1. The van der Waals surface area contributed by atoms with E-state index in [1.54, 1.807) is 0 Å². The molecule has 0 aromatic heterocycles. The van der Waals surface area contributed by atoms with Crippen molar-refractivity contribution in [2.24, 2.45) is 11.8 Å². The second kappa shape index (κ2) is 6.61. The van der Waals surface area contributed by atoms with E-state index in [2.05, 4.69) is 26.1 Å². The molecule has 0 radical (unpaired) electrons. The van der Waals surface area contributed by atoms with Crippen LogP contribution in [0.4, 0.5) is 0 Å². The first-order chi connectivity index (χ1) is 7.52. The molecule has 1 aliphatic carbocycles. The molecule has 2 unspecified atom stereocenters. The van der Waals surface area contributed by atoms with Gasteiger partial charge in [-0.15, -0.1) is 0 Å². The Morgan fingerprint density at radius 2 is 2.19 bits per heavy atom. The third-order valence-corrected chi connectivity index (χ3v) is 3.66. The summed E-state index contributed by atoms with van der Waals surface area (Å²) in [5, 5.41) is 13.8. The molecule has 1 fully saturated rings. The fourth-order valence-electron chi connectivity index (χ4n) is 2.75. The van der Waals surface area contributed by atoms with Crippen molar-refractivity contribution in [3.05, 3.63) is 0 Å². The zero-order valence-corrected chi connectivity index (χ0v) is 11.3. The quantitative estimate of drug-likeness (QED) is 0.684. The number of hydrogen-bond acceptors (Lipinski definition) is 2. The van der Waals surface area contributed by atoms with E-state index in [-0.39, 0.29) is 0 Å². The second-order valence-electron chi connectivity index (χ2n) is 6.14. The third kappa shape index (κ3) is 5.31. The van der Waals surface area contributed by atoms with Crippen LogP contribution in [0.2, 0.25) is 0 Å². The van der Waals surface area contributed by atoms with Crippen LogP contribution in [0.1, 0.15) is 59.3 Å². The minimum absolute atomic E-state index is 0.421. The van der Waals surface area contributed by atoms with E-state index in [0.29, 0.717) is 5.92 Å². The maximum absolute atomic E-state index is 10.4. The summed E-state index contributed by atoms with van der Waals surface area (Å²) in [7, 11) is 0. The molecule has 96 valence electrons. The van der Waals surface area contributed by atoms with Gasteiger partial charge in [0, 0.05) is 6.54 Å². The number of nitrogens with one attached hydrogen (secondary N) is 1. The lowest BCUT2D eigenvalue weighted by Crippen LogP contribution is -2.44. The summed E-state index contributed by atoms with van der Waals surface area (Å²) in [5.41, 5.74) is -0.421. The molecule has 1 saturated carbocycles. The third-order valence-electron chi connectivity index (χ3n) is 3.66. The minimum atomic E-state index is -0.421. The molecule has 0 saturated heterocycles. The van der Waals surface area contributed by atoms with Crippen LogP contribution in [-0.2, 0) is 0 Å². The summed E-state index contributed by atoms with van der Waals surface area (Å²) in [6.07, 6.45) is 6.94. The molecule has 0 bridgehead atoms. The Bertz CT molecular complexity index is 193. The summed E-state index contributed by atoms with van der Waals surface area (Å²) in [5.74, 6) is 1.48. The van der Waals surface area contributed by atoms with Gasteiger partial charge >= 0.3 is 0 Å². The van der Waals surface area contributed by atoms with Crippen LogP contribution in [0, 0.1) is 11.8 Å². The zero-order chi connectivity index (χ0) is 12.0. The van der Waals surface area contributed by atoms with Crippen LogP contribution in [0.25, 0.3) is 0 Å². The van der Waals surface area contributed by atoms with Crippen molar-refractivity contribution in [1.82, 2.24) is 5.32 Å². The van der Waals surface area contributed by atoms with Crippen LogP contribution in [-0.4, -0.2) is 23.8 Å². The van der Waals surface area contributed by atoms with Crippen molar-refractivity contribution < 1.29 is 5.11 Å². The van der Waals surface area contributed by atoms with Gasteiger partial charge in [0.25, 0.3) is 0 Å². The van der Waals surface area contributed by atoms with Crippen LogP contribution in [0.3, 0.4) is 0 Å². The van der Waals surface area contributed by atoms with Gasteiger partial charge in [-0.1, -0.05) is 33.6 Å². The van der Waals surface area contributed by atoms with E-state index >= 15 is 0 Å². The van der Waals surface area contributed by atoms with E-state index in [1.807, 2.05) is 0 Å². The smallest absolute Gasteiger partial charge is 0.0774 e. The molecule has 0 aromatic carbocycles. The lowest BCUT2D eigenvalue weighted by Gasteiger charge is -2.35. The highest BCUT2D eigenvalue weighted by Gasteiger charge is 2.31. The Morgan fingerprint density at radius 1 is 1.44 bits per heavy atom. The predicted octanol–water partition coefficient (Wildman–Crippen LogP) is 2.95. The number of rotatable bonds is 6. The first-order valence-corrected chi connectivity index (χ1v) is 6.95. The van der Waals surface area contributed by atoms with Gasteiger partial charge in [-0.2, -0.15) is 0 Å². The first kappa shape index (κ1) is 14.0. The molecule has 1 aliphatic rings. The zero-order valence-electron chi connectivity index (χ0n) is 11.3. The molecule has 2 nitrogen and oxygen atoms in total. The first-order valence-electron chi connectivity index (χ1n) is 6.95. The van der Waals surface area contributed by atoms with E-state index < -0.39 is 5.60 Å². The highest BCUT2D eigenvalue weighted by atomic mass is 16.3. The molecule has 1 rings (SSSR count). The van der Waals surface area contributed by atoms with E-state index in [0.717, 1.165) is 31.8 Å². The molecule has 2 heteroatoms. The average Bonchev–Trinajstić information content (AvgIpc) is 2.16. The Hall–Kier alpha value is -0.0800. The maximum atomic E-state index is 10.4. The van der Waals surface area contributed by atoms with Gasteiger partial charge in [0.05, 0.1) is 5.60 Å². The highest BCUT2D eigenvalue weighted by molar-refractivity contribution is 4.86. The Balaban J connectivity index is 2.11. The van der Waals surface area contributed by atoms with Gasteiger partial charge in [0.2, 0.25) is 0 Å². The molecule has 0 heterocycles. The monoisotopic (exact) mass is 227 g/mol. The van der Waals surface area contributed by atoms with Crippen molar-refractivity contribution in [2.75, 3.05) is 13.1 Å². The molecule has 0 amide bonds. The van der Waals surface area contributed by atoms with E-state index in [4.69, 9.17) is 0 Å². The molecule has 0 aliphatic heterocycles. The largest absolute Gasteiger partial charge is 0.389 e. The standard InChI is InChI=1S/C14H29NO/c1-12(2)6-5-9-15-11-14(16)8-4-7-13(3)10-14/h12-13,15-16H,4-11H2,1-3H3. The topological polar surface area (TPSA) is 32.3 Å². The minimum Gasteiger partial charge on any atom is -0.389 e. The van der Waals surface area contributed by atoms with E-state index in [9.17, 15) is 5.11 Å². The van der Waals surface area contributed by atoms with Gasteiger partial charge in [-0.05, 0) is 44.1 Å². The fourth-order valence-corrected chi connectivity index (χ4v) is 2.75. The molecule has 2 atom stereocenters. The van der Waals surface area contributed by atoms with Gasteiger partial charge in [0.15, 0.2) is 0 Å². The fraction of sp³-hybridized carbons (Fsp3) is 1.00. The Labute approximate surface area is 101 Å². The SMILES string of the molecule is CC(C)CCCNCC1(O)CCCC(C)C1. The summed E-state index contributed by atoms with van der Waals surface area (Å²) in [6, 6.07) is 0. The van der Waals surface area contributed by atoms with Crippen molar-refractivity contribution in [2.45, 2.75) is 64.9 Å². The van der Waals surface area contributed by atoms with Crippen molar-refractivity contribution >= 4 is 0 Å². The number of hydrogen-bond donors (Lipinski definition) is 2. The summed E-state index contributed by atoms with van der Waals surface area (Å²) in [6.45, 7) is 8.61. The Morgan fingerprint density at radius 3 is 2.81 bits per heavy atom. The lowest BCUT2D eigenvalue weighted by atomic mass is 9.79. The highest BCUT2D eigenvalue weighted by Crippen LogP contribution is 2.31. The summed E-state index contributed by atoms with van der Waals surface area (Å²) >= 11 is 0. The van der Waals surface area contributed by atoms with Crippen LogP contribution in [0.5, 0.6) is 0 Å². The normalized spacial score (nSPS) is 30.9. The van der Waals surface area contributed by atoms with Gasteiger partial charge in [0.1, 0.15) is 0 Å². The Kier molecular flexibility index (Phi) is 5.77. The van der Waals surface area contributed by atoms with Crippen molar-refractivity contribution in [3.8, 4) is 0 Å². The molecular weight excluding hydrogens is 198 g/mol. The van der Waals surface area contributed by atoms with Gasteiger partial charge in [-0.25, -0.2) is 0 Å². The molecule has 0 aromatic rings. The van der Waals surface area contributed by atoms with Crippen molar-refractivity contribution in [3.63, 3.8) is 0 Å². The van der Waals surface area contributed by atoms with Crippen LogP contribution < -0.4 is 5.32 Å². The predicted molar refractivity (Wildman–Crippen MR) is 69.5 cm³/mol. The lowest BCUT2D eigenvalue weighted by molar-refractivity contribution is -0.0116. The van der Waals surface area contributed by atoms with E-state index in [1.165, 1.54) is 25.7 Å². The second-order valence-corrected chi connectivity index (χ2v) is 6.14. The molecule has 2 N–H and O–H groups in total. The molecule has 0 spiro atoms. The average molecular weight is 227 g/mol. The maximum Gasteiger partial charge on any atom is 0.0774 e. The molecular formula is C14H29NO. The van der Waals surface area contributed by atoms with Crippen molar-refractivity contribution in [1.29, 1.82) is 0 Å². The molecule has 16 heavy (non-hydrogen) atoms. The van der Waals surface area contributed by atoms with Crippen LogP contribution >= 0.6 is 0 Å². The summed E-state index contributed by atoms with van der Waals surface area (Å²) < 4.78 is 0.